The van der Waals surface area contributed by atoms with E-state index in [2.05, 4.69) is 34.5 Å². The van der Waals surface area contributed by atoms with Crippen LogP contribution in [0.5, 0.6) is 0 Å². The number of nitrogens with one attached hydrogen (secondary N) is 2. The van der Waals surface area contributed by atoms with E-state index in [-0.39, 0.29) is 30.6 Å². The predicted octanol–water partition coefficient (Wildman–Crippen LogP) is -1.42. The summed E-state index contributed by atoms with van der Waals surface area (Å²) >= 11 is 0. The highest BCUT2D eigenvalue weighted by molar-refractivity contribution is 5.85. The quantitative estimate of drug-likeness (QED) is 0.572. The molecular weight excluding hydrogens is 240 g/mol. The summed E-state index contributed by atoms with van der Waals surface area (Å²) in [5, 5.41) is 17.2. The van der Waals surface area contributed by atoms with E-state index in [9.17, 15) is 5.11 Å². The first kappa shape index (κ1) is 15.1. The molecule has 0 aliphatic carbocycles. The summed E-state index contributed by atoms with van der Waals surface area (Å²) in [5.74, 6) is 0. The van der Waals surface area contributed by atoms with Crippen LogP contribution in [0.2, 0.25) is 0 Å². The van der Waals surface area contributed by atoms with Crippen LogP contribution >= 0.6 is 12.4 Å². The molecule has 0 unspecified atom stereocenters. The lowest BCUT2D eigenvalue weighted by Crippen LogP contribution is -2.63. The average molecular weight is 265 g/mol. The minimum atomic E-state index is -0.282. The zero-order valence-electron chi connectivity index (χ0n) is 10.7. The molecule has 5 nitrogen and oxygen atoms in total. The van der Waals surface area contributed by atoms with Crippen molar-refractivity contribution >= 4 is 12.4 Å². The van der Waals surface area contributed by atoms with Gasteiger partial charge in [0.25, 0.3) is 0 Å². The Morgan fingerprint density at radius 1 is 1.00 bits per heavy atom. The van der Waals surface area contributed by atoms with Crippen molar-refractivity contribution in [2.75, 3.05) is 53.4 Å². The second-order valence-electron chi connectivity index (χ2n) is 4.99. The number of likely N-dealkylation sites (N-methyl/N-ethyl adjacent to an activating group) is 2. The number of piperazine rings is 2. The molecule has 3 N–H and O–H groups in total. The van der Waals surface area contributed by atoms with Crippen molar-refractivity contribution in [3.8, 4) is 0 Å². The van der Waals surface area contributed by atoms with Crippen LogP contribution < -0.4 is 10.6 Å². The van der Waals surface area contributed by atoms with E-state index >= 15 is 0 Å². The van der Waals surface area contributed by atoms with Crippen LogP contribution in [0, 0.1) is 0 Å². The van der Waals surface area contributed by atoms with Gasteiger partial charge in [0.05, 0.1) is 6.10 Å². The van der Waals surface area contributed by atoms with Crippen LogP contribution in [0.1, 0.15) is 0 Å². The van der Waals surface area contributed by atoms with E-state index in [4.69, 9.17) is 0 Å². The van der Waals surface area contributed by atoms with Gasteiger partial charge < -0.3 is 15.7 Å². The van der Waals surface area contributed by atoms with Gasteiger partial charge >= 0.3 is 0 Å². The fourth-order valence-electron chi connectivity index (χ4n) is 2.67. The molecule has 2 fully saturated rings. The van der Waals surface area contributed by atoms with Gasteiger partial charge in [-0.25, -0.2) is 0 Å². The molecule has 2 aliphatic rings. The van der Waals surface area contributed by atoms with Gasteiger partial charge in [-0.15, -0.1) is 12.4 Å². The lowest BCUT2D eigenvalue weighted by Gasteiger charge is -2.43. The molecule has 0 aromatic rings. The second kappa shape index (κ2) is 6.87. The maximum absolute atomic E-state index is 10.5. The van der Waals surface area contributed by atoms with Crippen molar-refractivity contribution in [3.63, 3.8) is 0 Å². The highest BCUT2D eigenvalue weighted by atomic mass is 35.5. The van der Waals surface area contributed by atoms with Gasteiger partial charge in [-0.2, -0.15) is 0 Å². The van der Waals surface area contributed by atoms with Crippen LogP contribution in [-0.2, 0) is 0 Å². The number of hydrogen-bond donors (Lipinski definition) is 3. The van der Waals surface area contributed by atoms with Gasteiger partial charge in [-0.1, -0.05) is 0 Å². The zero-order valence-corrected chi connectivity index (χ0v) is 11.5. The second-order valence-corrected chi connectivity index (χ2v) is 4.99. The SMILES string of the molecule is CN1CCNC[C@H]1C(O)[C@@H]1CNCCN1C.Cl. The summed E-state index contributed by atoms with van der Waals surface area (Å²) in [6.07, 6.45) is -0.282. The molecule has 0 spiro atoms. The summed E-state index contributed by atoms with van der Waals surface area (Å²) in [6, 6.07) is 0.474. The molecule has 0 aromatic carbocycles. The monoisotopic (exact) mass is 264 g/mol. The van der Waals surface area contributed by atoms with Crippen molar-refractivity contribution in [2.45, 2.75) is 18.2 Å². The molecule has 2 rings (SSSR count). The largest absolute Gasteiger partial charge is 0.390 e. The third kappa shape index (κ3) is 3.53. The Kier molecular flexibility index (Phi) is 6.12. The fourth-order valence-corrected chi connectivity index (χ4v) is 2.67. The van der Waals surface area contributed by atoms with Gasteiger partial charge in [0, 0.05) is 51.4 Å². The Bertz CT molecular complexity index is 210. The fraction of sp³-hybridized carbons (Fsp3) is 1.00. The normalized spacial score (nSPS) is 32.5. The van der Waals surface area contributed by atoms with Gasteiger partial charge in [0.1, 0.15) is 0 Å². The van der Waals surface area contributed by atoms with Crippen LogP contribution in [-0.4, -0.2) is 86.5 Å². The Morgan fingerprint density at radius 3 is 1.76 bits per heavy atom. The van der Waals surface area contributed by atoms with Gasteiger partial charge in [-0.3, -0.25) is 9.80 Å². The smallest absolute Gasteiger partial charge is 0.0874 e. The summed E-state index contributed by atoms with van der Waals surface area (Å²) < 4.78 is 0. The third-order valence-corrected chi connectivity index (χ3v) is 3.91. The molecule has 0 bridgehead atoms. The van der Waals surface area contributed by atoms with Crippen LogP contribution in [0.3, 0.4) is 0 Å². The Hall–Kier alpha value is 0.0900. The maximum atomic E-state index is 10.5. The van der Waals surface area contributed by atoms with E-state index in [0.717, 1.165) is 39.3 Å². The van der Waals surface area contributed by atoms with E-state index < -0.39 is 0 Å². The predicted molar refractivity (Wildman–Crippen MR) is 71.8 cm³/mol. The molecule has 0 amide bonds. The Morgan fingerprint density at radius 2 is 1.41 bits per heavy atom. The molecule has 0 aromatic heterocycles. The van der Waals surface area contributed by atoms with E-state index in [1.165, 1.54) is 0 Å². The average Bonchev–Trinajstić information content (AvgIpc) is 2.29. The number of aliphatic hydroxyl groups excluding tert-OH is 1. The third-order valence-electron chi connectivity index (χ3n) is 3.91. The van der Waals surface area contributed by atoms with E-state index in [1.54, 1.807) is 0 Å². The highest BCUT2D eigenvalue weighted by Crippen LogP contribution is 2.13. The molecule has 2 heterocycles. The first-order valence-electron chi connectivity index (χ1n) is 6.20. The minimum Gasteiger partial charge on any atom is -0.390 e. The molecule has 17 heavy (non-hydrogen) atoms. The molecule has 2 saturated heterocycles. The topological polar surface area (TPSA) is 50.8 Å². The maximum Gasteiger partial charge on any atom is 0.0874 e. The van der Waals surface area contributed by atoms with Crippen LogP contribution in [0.4, 0.5) is 0 Å². The first-order valence-corrected chi connectivity index (χ1v) is 6.20. The molecule has 102 valence electrons. The summed E-state index contributed by atoms with van der Waals surface area (Å²) in [6.45, 7) is 5.87. The van der Waals surface area contributed by atoms with Crippen molar-refractivity contribution in [1.82, 2.24) is 20.4 Å². The van der Waals surface area contributed by atoms with Crippen molar-refractivity contribution < 1.29 is 5.11 Å². The Balaban J connectivity index is 0.00000144. The van der Waals surface area contributed by atoms with Crippen molar-refractivity contribution in [2.24, 2.45) is 0 Å². The molecule has 0 saturated carbocycles. The Labute approximate surface area is 110 Å². The molecule has 0 radical (unpaired) electrons. The van der Waals surface area contributed by atoms with E-state index in [0.29, 0.717) is 0 Å². The minimum absolute atomic E-state index is 0. The molecule has 6 heteroatoms. The summed E-state index contributed by atoms with van der Waals surface area (Å²) in [4.78, 5) is 4.53. The van der Waals surface area contributed by atoms with Crippen LogP contribution in [0.15, 0.2) is 0 Å². The number of rotatable bonds is 2. The molecular formula is C11H25ClN4O. The van der Waals surface area contributed by atoms with E-state index in [1.807, 2.05) is 0 Å². The number of halogens is 1. The van der Waals surface area contributed by atoms with Crippen LogP contribution in [0.25, 0.3) is 0 Å². The van der Waals surface area contributed by atoms with Gasteiger partial charge in [-0.05, 0) is 14.1 Å². The van der Waals surface area contributed by atoms with Gasteiger partial charge in [0.15, 0.2) is 0 Å². The van der Waals surface area contributed by atoms with Crippen molar-refractivity contribution in [3.05, 3.63) is 0 Å². The summed E-state index contributed by atoms with van der Waals surface area (Å²) in [7, 11) is 4.20. The molecule has 2 aliphatic heterocycles. The number of hydrogen-bond acceptors (Lipinski definition) is 5. The number of aliphatic hydroxyl groups is 1. The standard InChI is InChI=1S/C11H24N4O.ClH/c1-14-5-3-12-7-9(14)11(16)10-8-13-4-6-15(10)2;/h9-13,16H,3-8H2,1-2H3;1H/t9-,10-;/m0./s1. The van der Waals surface area contributed by atoms with Crippen molar-refractivity contribution in [1.29, 1.82) is 0 Å². The lowest BCUT2D eigenvalue weighted by molar-refractivity contribution is -0.0161. The lowest BCUT2D eigenvalue weighted by atomic mass is 9.98. The highest BCUT2D eigenvalue weighted by Gasteiger charge is 2.34. The molecule has 2 atom stereocenters. The van der Waals surface area contributed by atoms with Gasteiger partial charge in [0.2, 0.25) is 0 Å². The summed E-state index contributed by atoms with van der Waals surface area (Å²) in [5.41, 5.74) is 0. The number of nitrogens with zero attached hydrogens (tertiary/aromatic N) is 2. The first-order chi connectivity index (χ1) is 7.70. The zero-order chi connectivity index (χ0) is 11.5.